The SMILES string of the molecule is CCCCCCCc1ccc(-c2ccc(-c3ccc(C(c4ccc(C)cc4C)c4cc5c6ccccc6c(N(c6ccc(-c7ccc(-c8ccc(CCCCCCC)cc8)cc7)cc6)c6ccc(C)cc6C)cc5c5ccccc45)cc3)cc2)cc1. The molecule has 0 heterocycles. The van der Waals surface area contributed by atoms with Gasteiger partial charge in [0.1, 0.15) is 0 Å². The standard InChI is InChI=1S/C85H83N/c1-7-9-11-13-15-21-63-29-33-65(34-30-63)67-37-41-69(42-38-67)71-45-47-73(48-46-71)85(75-53-27-59(3)55-61(75)5)82-57-80-78-25-19-20-26-79(78)84(58-81(80)76-23-17-18-24-77(76)82)86(83-54-28-60(4)56-62(83)6)74-51-49-72(50-52-74)70-43-39-68(40-44-70)66-35-31-64(32-36-66)22-16-14-12-10-8-2/h17-20,23-58,85H,7-16,21-22H2,1-6H3. The predicted octanol–water partition coefficient (Wildman–Crippen LogP) is 24.7. The van der Waals surface area contributed by atoms with Crippen molar-refractivity contribution < 1.29 is 0 Å². The summed E-state index contributed by atoms with van der Waals surface area (Å²) in [5.74, 6) is -0.0123. The first kappa shape index (κ1) is 57.6. The summed E-state index contributed by atoms with van der Waals surface area (Å²) in [6, 6.07) is 92.5. The molecular formula is C85H83N. The minimum absolute atomic E-state index is 0.0123. The largest absolute Gasteiger partial charge is 0.310 e. The first-order valence-corrected chi connectivity index (χ1v) is 32.1. The number of benzene rings is 12. The molecule has 0 N–H and O–H groups in total. The second-order valence-electron chi connectivity index (χ2n) is 24.5. The Morgan fingerprint density at radius 3 is 1.16 bits per heavy atom. The molecule has 0 radical (unpaired) electrons. The fourth-order valence-corrected chi connectivity index (χ4v) is 13.5. The first-order valence-electron chi connectivity index (χ1n) is 32.1. The summed E-state index contributed by atoms with van der Waals surface area (Å²) in [6.45, 7) is 13.5. The Balaban J connectivity index is 0.891. The molecule has 12 aromatic carbocycles. The van der Waals surface area contributed by atoms with Crippen LogP contribution < -0.4 is 4.90 Å². The van der Waals surface area contributed by atoms with Gasteiger partial charge in [0.2, 0.25) is 0 Å². The van der Waals surface area contributed by atoms with Crippen LogP contribution in [-0.4, -0.2) is 0 Å². The number of nitrogens with zero attached hydrogens (tertiary/aromatic N) is 1. The predicted molar refractivity (Wildman–Crippen MR) is 373 cm³/mol. The van der Waals surface area contributed by atoms with E-state index in [1.54, 1.807) is 0 Å². The van der Waals surface area contributed by atoms with Crippen LogP contribution in [0.1, 0.15) is 134 Å². The normalized spacial score (nSPS) is 11.9. The van der Waals surface area contributed by atoms with Crippen molar-refractivity contribution in [2.45, 2.75) is 125 Å². The molecule has 0 fully saturated rings. The van der Waals surface area contributed by atoms with Gasteiger partial charge >= 0.3 is 0 Å². The van der Waals surface area contributed by atoms with Crippen molar-refractivity contribution >= 4 is 49.4 Å². The van der Waals surface area contributed by atoms with Crippen molar-refractivity contribution in [2.75, 3.05) is 4.90 Å². The van der Waals surface area contributed by atoms with E-state index in [-0.39, 0.29) is 5.92 Å². The fourth-order valence-electron chi connectivity index (χ4n) is 13.5. The molecule has 1 nitrogen and oxygen atoms in total. The van der Waals surface area contributed by atoms with E-state index in [1.165, 1.54) is 197 Å². The molecule has 0 amide bonds. The molecule has 0 spiro atoms. The highest BCUT2D eigenvalue weighted by Gasteiger charge is 2.26. The summed E-state index contributed by atoms with van der Waals surface area (Å²) in [7, 11) is 0. The Morgan fingerprint density at radius 2 is 0.686 bits per heavy atom. The van der Waals surface area contributed by atoms with Crippen LogP contribution in [0.2, 0.25) is 0 Å². The maximum Gasteiger partial charge on any atom is 0.0546 e. The van der Waals surface area contributed by atoms with Gasteiger partial charge in [-0.05, 0) is 194 Å². The summed E-state index contributed by atoms with van der Waals surface area (Å²) in [5.41, 5.74) is 25.2. The van der Waals surface area contributed by atoms with Crippen molar-refractivity contribution in [3.8, 4) is 44.5 Å². The maximum atomic E-state index is 2.54. The molecule has 0 saturated heterocycles. The van der Waals surface area contributed by atoms with Crippen LogP contribution in [0.4, 0.5) is 17.1 Å². The lowest BCUT2D eigenvalue weighted by atomic mass is 9.79. The summed E-state index contributed by atoms with van der Waals surface area (Å²) in [5, 5.41) is 7.48. The molecule has 428 valence electrons. The van der Waals surface area contributed by atoms with Crippen molar-refractivity contribution in [1.29, 1.82) is 0 Å². The Morgan fingerprint density at radius 1 is 0.291 bits per heavy atom. The smallest absolute Gasteiger partial charge is 0.0546 e. The van der Waals surface area contributed by atoms with Gasteiger partial charge in [-0.3, -0.25) is 0 Å². The van der Waals surface area contributed by atoms with Gasteiger partial charge in [-0.15, -0.1) is 0 Å². The maximum absolute atomic E-state index is 2.54. The van der Waals surface area contributed by atoms with E-state index < -0.39 is 0 Å². The average Bonchev–Trinajstić information content (AvgIpc) is 0.835. The van der Waals surface area contributed by atoms with Crippen molar-refractivity contribution in [3.05, 3.63) is 293 Å². The molecule has 0 aliphatic rings. The number of hydrogen-bond acceptors (Lipinski definition) is 1. The third-order valence-electron chi connectivity index (χ3n) is 18.3. The van der Waals surface area contributed by atoms with Gasteiger partial charge in [-0.25, -0.2) is 0 Å². The quantitative estimate of drug-likeness (QED) is 0.0371. The molecule has 0 aliphatic heterocycles. The highest BCUT2D eigenvalue weighted by Crippen LogP contribution is 2.48. The minimum atomic E-state index is -0.0123. The summed E-state index contributed by atoms with van der Waals surface area (Å²) in [6.07, 6.45) is 15.5. The molecule has 0 aliphatic carbocycles. The highest BCUT2D eigenvalue weighted by molar-refractivity contribution is 6.22. The second kappa shape index (κ2) is 26.6. The average molecular weight is 1120 g/mol. The van der Waals surface area contributed by atoms with E-state index in [4.69, 9.17) is 0 Å². The van der Waals surface area contributed by atoms with Crippen molar-refractivity contribution in [3.63, 3.8) is 0 Å². The number of fused-ring (bicyclic) bond motifs is 5. The monoisotopic (exact) mass is 1120 g/mol. The molecule has 0 saturated carbocycles. The van der Waals surface area contributed by atoms with E-state index in [0.717, 1.165) is 24.2 Å². The van der Waals surface area contributed by atoms with E-state index in [0.29, 0.717) is 0 Å². The third kappa shape index (κ3) is 12.6. The lowest BCUT2D eigenvalue weighted by molar-refractivity contribution is 0.632. The number of anilines is 3. The van der Waals surface area contributed by atoms with Crippen LogP contribution in [0.3, 0.4) is 0 Å². The number of hydrogen-bond donors (Lipinski definition) is 0. The molecule has 12 aromatic rings. The Labute approximate surface area is 513 Å². The fraction of sp³-hybridized carbons (Fsp3) is 0.224. The number of unbranched alkanes of at least 4 members (excludes halogenated alkanes) is 8. The van der Waals surface area contributed by atoms with E-state index in [1.807, 2.05) is 0 Å². The van der Waals surface area contributed by atoms with Crippen molar-refractivity contribution in [1.82, 2.24) is 0 Å². The van der Waals surface area contributed by atoms with Crippen LogP contribution >= 0.6 is 0 Å². The van der Waals surface area contributed by atoms with Gasteiger partial charge in [0.25, 0.3) is 0 Å². The molecule has 0 bridgehead atoms. The van der Waals surface area contributed by atoms with Gasteiger partial charge in [0, 0.05) is 22.7 Å². The van der Waals surface area contributed by atoms with Gasteiger partial charge in [0.15, 0.2) is 0 Å². The van der Waals surface area contributed by atoms with Crippen molar-refractivity contribution in [2.24, 2.45) is 0 Å². The van der Waals surface area contributed by atoms with E-state index in [9.17, 15) is 0 Å². The van der Waals surface area contributed by atoms with E-state index in [2.05, 4.69) is 289 Å². The first-order chi connectivity index (χ1) is 42.2. The number of rotatable bonds is 22. The Hall–Kier alpha value is -8.78. The highest BCUT2D eigenvalue weighted by atomic mass is 15.1. The van der Waals surface area contributed by atoms with Gasteiger partial charge in [-0.1, -0.05) is 289 Å². The third-order valence-corrected chi connectivity index (χ3v) is 18.3. The Kier molecular flexibility index (Phi) is 17.9. The lowest BCUT2D eigenvalue weighted by Gasteiger charge is -2.30. The summed E-state index contributed by atoms with van der Waals surface area (Å²) < 4.78 is 0. The van der Waals surface area contributed by atoms with Gasteiger partial charge in [0.05, 0.1) is 5.69 Å². The van der Waals surface area contributed by atoms with Crippen LogP contribution in [0.5, 0.6) is 0 Å². The Bertz CT molecular complexity index is 3960. The molecule has 1 heteroatoms. The van der Waals surface area contributed by atoms with Gasteiger partial charge in [-0.2, -0.15) is 0 Å². The van der Waals surface area contributed by atoms with E-state index >= 15 is 0 Å². The van der Waals surface area contributed by atoms with Crippen LogP contribution in [0.25, 0.3) is 76.8 Å². The topological polar surface area (TPSA) is 3.24 Å². The minimum Gasteiger partial charge on any atom is -0.310 e. The second-order valence-corrected chi connectivity index (χ2v) is 24.5. The van der Waals surface area contributed by atoms with Crippen LogP contribution in [0.15, 0.2) is 243 Å². The zero-order valence-corrected chi connectivity index (χ0v) is 51.6. The van der Waals surface area contributed by atoms with Crippen LogP contribution in [-0.2, 0) is 12.8 Å². The molecule has 0 aromatic heterocycles. The molecule has 1 atom stereocenters. The zero-order chi connectivity index (χ0) is 58.9. The molecule has 12 rings (SSSR count). The lowest BCUT2D eigenvalue weighted by Crippen LogP contribution is -2.12. The number of aryl methyl sites for hydroxylation is 6. The molecule has 86 heavy (non-hydrogen) atoms. The summed E-state index contributed by atoms with van der Waals surface area (Å²) >= 11 is 0. The zero-order valence-electron chi connectivity index (χ0n) is 51.6. The van der Waals surface area contributed by atoms with Crippen LogP contribution in [0, 0.1) is 27.7 Å². The molecular weight excluding hydrogens is 1030 g/mol. The summed E-state index contributed by atoms with van der Waals surface area (Å²) in [4.78, 5) is 2.50. The molecule has 1 unspecified atom stereocenters. The van der Waals surface area contributed by atoms with Gasteiger partial charge < -0.3 is 4.90 Å².